The molecule has 0 bridgehead atoms. The molecule has 0 amide bonds. The van der Waals surface area contributed by atoms with Crippen molar-refractivity contribution in [3.63, 3.8) is 0 Å². The Morgan fingerprint density at radius 1 is 1.38 bits per heavy atom. The molecule has 3 nitrogen and oxygen atoms in total. The van der Waals surface area contributed by atoms with E-state index >= 15 is 0 Å². The maximum absolute atomic E-state index is 11.3. The van der Waals surface area contributed by atoms with Gasteiger partial charge in [-0.05, 0) is 12.1 Å². The summed E-state index contributed by atoms with van der Waals surface area (Å²) in [4.78, 5) is 11.3. The lowest BCUT2D eigenvalue weighted by Crippen LogP contribution is -1.97. The van der Waals surface area contributed by atoms with Crippen molar-refractivity contribution in [1.82, 2.24) is 0 Å². The second-order valence-corrected chi connectivity index (χ2v) is 3.44. The lowest BCUT2D eigenvalue weighted by molar-refractivity contribution is 0.108. The second-order valence-electron chi connectivity index (χ2n) is 2.38. The SMILES string of the molecule is O=C(SCCO)c1ccccc1O. The van der Waals surface area contributed by atoms with Crippen molar-refractivity contribution >= 4 is 16.9 Å². The summed E-state index contributed by atoms with van der Waals surface area (Å²) in [5.41, 5.74) is 0.293. The molecule has 1 aromatic carbocycles. The number of phenols is 1. The topological polar surface area (TPSA) is 57.5 Å². The Hall–Kier alpha value is -1.00. The molecule has 4 heteroatoms. The van der Waals surface area contributed by atoms with E-state index in [1.54, 1.807) is 18.2 Å². The highest BCUT2D eigenvalue weighted by Crippen LogP contribution is 2.21. The zero-order valence-electron chi connectivity index (χ0n) is 6.93. The van der Waals surface area contributed by atoms with Crippen LogP contribution < -0.4 is 0 Å². The van der Waals surface area contributed by atoms with Crippen molar-refractivity contribution in [3.05, 3.63) is 29.8 Å². The van der Waals surface area contributed by atoms with E-state index in [-0.39, 0.29) is 17.5 Å². The molecule has 1 aromatic rings. The van der Waals surface area contributed by atoms with Crippen LogP contribution in [-0.2, 0) is 0 Å². The fraction of sp³-hybridized carbons (Fsp3) is 0.222. The third kappa shape index (κ3) is 2.75. The molecular formula is C9H10O3S. The zero-order chi connectivity index (χ0) is 9.68. The summed E-state index contributed by atoms with van der Waals surface area (Å²) in [5, 5.41) is 17.6. The summed E-state index contributed by atoms with van der Waals surface area (Å²) < 4.78 is 0. The molecule has 2 N–H and O–H groups in total. The van der Waals surface area contributed by atoms with Crippen LogP contribution in [0.5, 0.6) is 5.75 Å². The summed E-state index contributed by atoms with van der Waals surface area (Å²) in [6.45, 7) is -0.0377. The molecule has 0 heterocycles. The molecule has 0 aliphatic heterocycles. The van der Waals surface area contributed by atoms with Crippen LogP contribution in [0, 0.1) is 0 Å². The van der Waals surface area contributed by atoms with Crippen molar-refractivity contribution in [2.45, 2.75) is 0 Å². The van der Waals surface area contributed by atoms with E-state index in [0.717, 1.165) is 11.8 Å². The third-order valence-electron chi connectivity index (χ3n) is 1.45. The van der Waals surface area contributed by atoms with Gasteiger partial charge in [0, 0.05) is 5.75 Å². The van der Waals surface area contributed by atoms with Gasteiger partial charge in [-0.1, -0.05) is 23.9 Å². The average molecular weight is 198 g/mol. The van der Waals surface area contributed by atoms with Crippen molar-refractivity contribution in [3.8, 4) is 5.75 Å². The van der Waals surface area contributed by atoms with Crippen LogP contribution in [0.3, 0.4) is 0 Å². The summed E-state index contributed by atoms with van der Waals surface area (Å²) in [5.74, 6) is 0.339. The van der Waals surface area contributed by atoms with Gasteiger partial charge in [0.1, 0.15) is 5.75 Å². The average Bonchev–Trinajstić information content (AvgIpc) is 2.15. The molecule has 0 aromatic heterocycles. The molecule has 0 radical (unpaired) electrons. The van der Waals surface area contributed by atoms with Gasteiger partial charge >= 0.3 is 0 Å². The lowest BCUT2D eigenvalue weighted by Gasteiger charge is -2.01. The van der Waals surface area contributed by atoms with Crippen molar-refractivity contribution in [2.24, 2.45) is 0 Å². The molecule has 0 unspecified atom stereocenters. The second kappa shape index (κ2) is 4.89. The Bertz CT molecular complexity index is 299. The van der Waals surface area contributed by atoms with Gasteiger partial charge in [0.25, 0.3) is 0 Å². The Morgan fingerprint density at radius 3 is 2.69 bits per heavy atom. The molecule has 0 saturated carbocycles. The van der Waals surface area contributed by atoms with Crippen LogP contribution in [0.4, 0.5) is 0 Å². The Kier molecular flexibility index (Phi) is 3.79. The first-order valence-electron chi connectivity index (χ1n) is 3.81. The zero-order valence-corrected chi connectivity index (χ0v) is 7.75. The molecule has 0 saturated heterocycles. The molecule has 0 aliphatic carbocycles. The highest BCUT2D eigenvalue weighted by Gasteiger charge is 2.09. The smallest absolute Gasteiger partial charge is 0.223 e. The van der Waals surface area contributed by atoms with E-state index in [1.165, 1.54) is 6.07 Å². The number of hydrogen-bond acceptors (Lipinski definition) is 4. The number of hydrogen-bond donors (Lipinski definition) is 2. The van der Waals surface area contributed by atoms with E-state index in [1.807, 2.05) is 0 Å². The number of benzene rings is 1. The summed E-state index contributed by atoms with van der Waals surface area (Å²) >= 11 is 0.995. The Balaban J connectivity index is 2.71. The van der Waals surface area contributed by atoms with Gasteiger partial charge in [-0.25, -0.2) is 0 Å². The highest BCUT2D eigenvalue weighted by atomic mass is 32.2. The number of phenolic OH excluding ortho intramolecular Hbond substituents is 1. The van der Waals surface area contributed by atoms with Gasteiger partial charge in [-0.3, -0.25) is 4.79 Å². The molecule has 13 heavy (non-hydrogen) atoms. The molecule has 70 valence electrons. The van der Waals surface area contributed by atoms with Gasteiger partial charge in [-0.2, -0.15) is 0 Å². The number of aliphatic hydroxyl groups is 1. The van der Waals surface area contributed by atoms with E-state index in [2.05, 4.69) is 0 Å². The van der Waals surface area contributed by atoms with E-state index < -0.39 is 0 Å². The maximum Gasteiger partial charge on any atom is 0.223 e. The van der Waals surface area contributed by atoms with Gasteiger partial charge < -0.3 is 10.2 Å². The van der Waals surface area contributed by atoms with Crippen LogP contribution in [0.2, 0.25) is 0 Å². The normalized spacial score (nSPS) is 9.92. The number of carbonyl (C=O) groups is 1. The van der Waals surface area contributed by atoms with Crippen molar-refractivity contribution in [1.29, 1.82) is 0 Å². The van der Waals surface area contributed by atoms with Crippen LogP contribution in [0.15, 0.2) is 24.3 Å². The van der Waals surface area contributed by atoms with Gasteiger partial charge in [0.15, 0.2) is 0 Å². The Morgan fingerprint density at radius 2 is 2.08 bits per heavy atom. The predicted octanol–water partition coefficient (Wildman–Crippen LogP) is 1.26. The monoisotopic (exact) mass is 198 g/mol. The number of aliphatic hydroxyl groups excluding tert-OH is 1. The molecule has 0 spiro atoms. The highest BCUT2D eigenvalue weighted by molar-refractivity contribution is 8.14. The summed E-state index contributed by atoms with van der Waals surface area (Å²) in [6, 6.07) is 6.37. The molecule has 0 atom stereocenters. The summed E-state index contributed by atoms with van der Waals surface area (Å²) in [7, 11) is 0. The van der Waals surface area contributed by atoms with Crippen LogP contribution in [0.25, 0.3) is 0 Å². The minimum atomic E-state index is -0.216. The number of carbonyl (C=O) groups excluding carboxylic acids is 1. The largest absolute Gasteiger partial charge is 0.507 e. The third-order valence-corrected chi connectivity index (χ3v) is 2.32. The number of aromatic hydroxyl groups is 1. The molecule has 1 rings (SSSR count). The fourth-order valence-electron chi connectivity index (χ4n) is 0.862. The first kappa shape index (κ1) is 10.1. The van der Waals surface area contributed by atoms with Crippen LogP contribution in [-0.4, -0.2) is 27.7 Å². The van der Waals surface area contributed by atoms with Gasteiger partial charge in [0.2, 0.25) is 5.12 Å². The summed E-state index contributed by atoms with van der Waals surface area (Å²) in [6.07, 6.45) is 0. The molecule has 0 aliphatic rings. The number of thioether (sulfide) groups is 1. The van der Waals surface area contributed by atoms with Crippen molar-refractivity contribution in [2.75, 3.05) is 12.4 Å². The van der Waals surface area contributed by atoms with Gasteiger partial charge in [-0.15, -0.1) is 0 Å². The standard InChI is InChI=1S/C9H10O3S/c10-5-6-13-9(12)7-3-1-2-4-8(7)11/h1-4,10-11H,5-6H2. The number of rotatable bonds is 3. The lowest BCUT2D eigenvalue weighted by atomic mass is 10.2. The van der Waals surface area contributed by atoms with Crippen LogP contribution in [0.1, 0.15) is 10.4 Å². The van der Waals surface area contributed by atoms with E-state index in [0.29, 0.717) is 11.3 Å². The van der Waals surface area contributed by atoms with E-state index in [9.17, 15) is 9.90 Å². The van der Waals surface area contributed by atoms with Crippen LogP contribution >= 0.6 is 11.8 Å². The van der Waals surface area contributed by atoms with E-state index in [4.69, 9.17) is 5.11 Å². The maximum atomic E-state index is 11.3. The number of para-hydroxylation sites is 1. The fourth-order valence-corrected chi connectivity index (χ4v) is 1.47. The molecular weight excluding hydrogens is 188 g/mol. The Labute approximate surface area is 80.4 Å². The van der Waals surface area contributed by atoms with Gasteiger partial charge in [0.05, 0.1) is 12.2 Å². The van der Waals surface area contributed by atoms with Crippen molar-refractivity contribution < 1.29 is 15.0 Å². The first-order valence-corrected chi connectivity index (χ1v) is 4.80. The minimum Gasteiger partial charge on any atom is -0.507 e. The molecule has 0 fully saturated rings. The first-order chi connectivity index (χ1) is 6.25. The minimum absolute atomic E-state index is 0.0158. The predicted molar refractivity (Wildman–Crippen MR) is 52.0 cm³/mol. The quantitative estimate of drug-likeness (QED) is 0.767.